The SMILES string of the molecule is CCSC1CCOC1=O. The largest absolute Gasteiger partial charge is 0.465 e. The molecule has 1 heterocycles. The molecule has 1 aliphatic heterocycles. The average molecular weight is 146 g/mol. The molecule has 0 aromatic carbocycles. The Balaban J connectivity index is 2.31. The molecule has 52 valence electrons. The van der Waals surface area contributed by atoms with Gasteiger partial charge in [-0.05, 0) is 5.75 Å². The van der Waals surface area contributed by atoms with Gasteiger partial charge in [0.15, 0.2) is 0 Å². The Kier molecular flexibility index (Phi) is 2.39. The summed E-state index contributed by atoms with van der Waals surface area (Å²) in [6.45, 7) is 2.67. The third-order valence-electron chi connectivity index (χ3n) is 1.26. The summed E-state index contributed by atoms with van der Waals surface area (Å²) in [5, 5.41) is 0.134. The van der Waals surface area contributed by atoms with E-state index in [2.05, 4.69) is 6.92 Å². The van der Waals surface area contributed by atoms with Crippen LogP contribution >= 0.6 is 11.8 Å². The third kappa shape index (κ3) is 1.61. The lowest BCUT2D eigenvalue weighted by molar-refractivity contribution is -0.137. The predicted octanol–water partition coefficient (Wildman–Crippen LogP) is 1.05. The molecule has 0 amide bonds. The molecule has 0 radical (unpaired) electrons. The summed E-state index contributed by atoms with van der Waals surface area (Å²) in [5.74, 6) is 0.974. The molecular weight excluding hydrogens is 136 g/mol. The molecule has 3 heteroatoms. The zero-order valence-electron chi connectivity index (χ0n) is 5.42. The van der Waals surface area contributed by atoms with Crippen LogP contribution in [-0.2, 0) is 9.53 Å². The highest BCUT2D eigenvalue weighted by Crippen LogP contribution is 2.20. The predicted molar refractivity (Wildman–Crippen MR) is 37.5 cm³/mol. The lowest BCUT2D eigenvalue weighted by Crippen LogP contribution is -2.09. The van der Waals surface area contributed by atoms with Crippen LogP contribution in [0.15, 0.2) is 0 Å². The number of carbonyl (C=O) groups excluding carboxylic acids is 1. The van der Waals surface area contributed by atoms with Gasteiger partial charge in [-0.2, -0.15) is 0 Å². The Hall–Kier alpha value is -0.180. The highest BCUT2D eigenvalue weighted by atomic mass is 32.2. The molecule has 1 saturated heterocycles. The quantitative estimate of drug-likeness (QED) is 0.545. The summed E-state index contributed by atoms with van der Waals surface area (Å²) in [6.07, 6.45) is 0.900. The zero-order valence-corrected chi connectivity index (χ0v) is 6.24. The van der Waals surface area contributed by atoms with Crippen LogP contribution in [0, 0.1) is 0 Å². The Bertz CT molecular complexity index is 114. The van der Waals surface area contributed by atoms with E-state index in [1.165, 1.54) is 0 Å². The monoisotopic (exact) mass is 146 g/mol. The third-order valence-corrected chi connectivity index (χ3v) is 2.42. The van der Waals surface area contributed by atoms with Gasteiger partial charge in [-0.1, -0.05) is 6.92 Å². The number of esters is 1. The normalized spacial score (nSPS) is 26.3. The van der Waals surface area contributed by atoms with Gasteiger partial charge in [-0.25, -0.2) is 0 Å². The number of ether oxygens (including phenoxy) is 1. The second-order valence-corrected chi connectivity index (χ2v) is 3.38. The highest BCUT2D eigenvalue weighted by molar-refractivity contribution is 8.00. The van der Waals surface area contributed by atoms with Gasteiger partial charge >= 0.3 is 5.97 Å². The number of carbonyl (C=O) groups is 1. The van der Waals surface area contributed by atoms with Crippen LogP contribution in [0.3, 0.4) is 0 Å². The van der Waals surface area contributed by atoms with Crippen molar-refractivity contribution in [3.05, 3.63) is 0 Å². The standard InChI is InChI=1S/C6H10O2S/c1-2-9-5-3-4-8-6(5)7/h5H,2-4H2,1H3. The fraction of sp³-hybridized carbons (Fsp3) is 0.833. The van der Waals surface area contributed by atoms with Gasteiger partial charge in [-0.3, -0.25) is 4.79 Å². The molecule has 9 heavy (non-hydrogen) atoms. The van der Waals surface area contributed by atoms with E-state index in [9.17, 15) is 4.79 Å². The van der Waals surface area contributed by atoms with Crippen LogP contribution in [-0.4, -0.2) is 23.6 Å². The van der Waals surface area contributed by atoms with Crippen molar-refractivity contribution in [2.24, 2.45) is 0 Å². The first kappa shape index (κ1) is 6.93. The Morgan fingerprint density at radius 3 is 3.11 bits per heavy atom. The van der Waals surface area contributed by atoms with Crippen molar-refractivity contribution in [1.82, 2.24) is 0 Å². The number of cyclic esters (lactones) is 1. The van der Waals surface area contributed by atoms with Crippen LogP contribution in [0.1, 0.15) is 13.3 Å². The van der Waals surface area contributed by atoms with E-state index < -0.39 is 0 Å². The minimum atomic E-state index is -0.0261. The first-order chi connectivity index (χ1) is 4.34. The summed E-state index contributed by atoms with van der Waals surface area (Å²) in [6, 6.07) is 0. The summed E-state index contributed by atoms with van der Waals surface area (Å²) in [7, 11) is 0. The van der Waals surface area contributed by atoms with Crippen LogP contribution in [0.5, 0.6) is 0 Å². The molecule has 1 unspecified atom stereocenters. The molecule has 0 N–H and O–H groups in total. The van der Waals surface area contributed by atoms with E-state index >= 15 is 0 Å². The van der Waals surface area contributed by atoms with Gasteiger partial charge < -0.3 is 4.74 Å². The minimum absolute atomic E-state index is 0.0261. The summed E-state index contributed by atoms with van der Waals surface area (Å²) in [5.41, 5.74) is 0. The molecule has 2 nitrogen and oxygen atoms in total. The van der Waals surface area contributed by atoms with Crippen molar-refractivity contribution in [2.45, 2.75) is 18.6 Å². The Morgan fingerprint density at radius 1 is 1.89 bits per heavy atom. The van der Waals surface area contributed by atoms with Crippen LogP contribution in [0.4, 0.5) is 0 Å². The summed E-state index contributed by atoms with van der Waals surface area (Å²) >= 11 is 1.67. The smallest absolute Gasteiger partial charge is 0.319 e. The molecular formula is C6H10O2S. The van der Waals surface area contributed by atoms with E-state index in [0.717, 1.165) is 12.2 Å². The maximum Gasteiger partial charge on any atom is 0.319 e. The number of rotatable bonds is 2. The molecule has 1 atom stereocenters. The zero-order chi connectivity index (χ0) is 6.69. The minimum Gasteiger partial charge on any atom is -0.465 e. The van der Waals surface area contributed by atoms with Crippen molar-refractivity contribution in [2.75, 3.05) is 12.4 Å². The van der Waals surface area contributed by atoms with Gasteiger partial charge in [0.2, 0.25) is 0 Å². The first-order valence-electron chi connectivity index (χ1n) is 3.13. The fourth-order valence-corrected chi connectivity index (χ4v) is 1.70. The van der Waals surface area contributed by atoms with E-state index in [-0.39, 0.29) is 11.2 Å². The van der Waals surface area contributed by atoms with Crippen LogP contribution < -0.4 is 0 Å². The molecule has 1 rings (SSSR count). The van der Waals surface area contributed by atoms with Gasteiger partial charge in [-0.15, -0.1) is 11.8 Å². The van der Waals surface area contributed by atoms with Crippen molar-refractivity contribution in [1.29, 1.82) is 0 Å². The number of hydrogen-bond acceptors (Lipinski definition) is 3. The Labute approximate surface area is 59.0 Å². The highest BCUT2D eigenvalue weighted by Gasteiger charge is 2.25. The van der Waals surface area contributed by atoms with Crippen molar-refractivity contribution < 1.29 is 9.53 Å². The van der Waals surface area contributed by atoms with Gasteiger partial charge in [0, 0.05) is 6.42 Å². The molecule has 0 aromatic rings. The molecule has 0 bridgehead atoms. The fourth-order valence-electron chi connectivity index (χ4n) is 0.830. The molecule has 1 fully saturated rings. The molecule has 0 aliphatic carbocycles. The van der Waals surface area contributed by atoms with E-state index in [4.69, 9.17) is 4.74 Å². The lowest BCUT2D eigenvalue weighted by Gasteiger charge is -1.99. The Morgan fingerprint density at radius 2 is 2.67 bits per heavy atom. The molecule has 1 aliphatic rings. The topological polar surface area (TPSA) is 26.3 Å². The van der Waals surface area contributed by atoms with Crippen molar-refractivity contribution in [3.63, 3.8) is 0 Å². The van der Waals surface area contributed by atoms with Gasteiger partial charge in [0.1, 0.15) is 5.25 Å². The maximum atomic E-state index is 10.7. The van der Waals surface area contributed by atoms with E-state index in [1.807, 2.05) is 0 Å². The molecule has 0 spiro atoms. The molecule has 0 aromatic heterocycles. The number of thioether (sulfide) groups is 1. The first-order valence-corrected chi connectivity index (χ1v) is 4.17. The van der Waals surface area contributed by atoms with Gasteiger partial charge in [0.25, 0.3) is 0 Å². The lowest BCUT2D eigenvalue weighted by atomic mass is 10.4. The van der Waals surface area contributed by atoms with Gasteiger partial charge in [0.05, 0.1) is 6.61 Å². The number of hydrogen-bond donors (Lipinski definition) is 0. The second-order valence-electron chi connectivity index (χ2n) is 1.90. The average Bonchev–Trinajstić information content (AvgIpc) is 2.18. The summed E-state index contributed by atoms with van der Waals surface area (Å²) < 4.78 is 4.76. The van der Waals surface area contributed by atoms with E-state index in [1.54, 1.807) is 11.8 Å². The maximum absolute atomic E-state index is 10.7. The van der Waals surface area contributed by atoms with Crippen molar-refractivity contribution in [3.8, 4) is 0 Å². The van der Waals surface area contributed by atoms with Crippen LogP contribution in [0.2, 0.25) is 0 Å². The summed E-state index contributed by atoms with van der Waals surface area (Å²) in [4.78, 5) is 10.7. The van der Waals surface area contributed by atoms with E-state index in [0.29, 0.717) is 6.61 Å². The molecule has 0 saturated carbocycles. The van der Waals surface area contributed by atoms with Crippen LogP contribution in [0.25, 0.3) is 0 Å². The van der Waals surface area contributed by atoms with Crippen molar-refractivity contribution >= 4 is 17.7 Å². The second kappa shape index (κ2) is 3.11.